The first-order chi connectivity index (χ1) is 13.1. The van der Waals surface area contributed by atoms with Gasteiger partial charge in [-0.3, -0.25) is 0 Å². The van der Waals surface area contributed by atoms with Gasteiger partial charge in [0.15, 0.2) is 5.03 Å². The number of benzene rings is 2. The van der Waals surface area contributed by atoms with E-state index in [1.54, 1.807) is 12.1 Å². The zero-order chi connectivity index (χ0) is 20.5. The van der Waals surface area contributed by atoms with Gasteiger partial charge in [-0.2, -0.15) is 0 Å². The van der Waals surface area contributed by atoms with E-state index >= 15 is 0 Å². The molecular weight excluding hydrogens is 416 g/mol. The zero-order valence-electron chi connectivity index (χ0n) is 15.6. The van der Waals surface area contributed by atoms with Gasteiger partial charge < -0.3 is 5.32 Å². The molecule has 0 aliphatic rings. The number of hydrogen-bond donors (Lipinski definition) is 1. The summed E-state index contributed by atoms with van der Waals surface area (Å²) in [5, 5.41) is 2.98. The Morgan fingerprint density at radius 3 is 1.96 bits per heavy atom. The van der Waals surface area contributed by atoms with Crippen LogP contribution in [0.2, 0.25) is 0 Å². The Kier molecular flexibility index (Phi) is 5.60. The highest BCUT2D eigenvalue weighted by atomic mass is 32.2. The smallest absolute Gasteiger partial charge is 0.226 e. The van der Waals surface area contributed by atoms with E-state index in [0.29, 0.717) is 6.54 Å². The lowest BCUT2D eigenvalue weighted by atomic mass is 10.1. The van der Waals surface area contributed by atoms with Crippen LogP contribution in [-0.2, 0) is 26.2 Å². The van der Waals surface area contributed by atoms with Gasteiger partial charge in [0.2, 0.25) is 24.0 Å². The molecule has 0 spiro atoms. The van der Waals surface area contributed by atoms with E-state index in [-0.39, 0.29) is 19.3 Å². The van der Waals surface area contributed by atoms with Crippen molar-refractivity contribution in [3.05, 3.63) is 65.2 Å². The third-order valence-corrected chi connectivity index (χ3v) is 8.57. The lowest BCUT2D eigenvalue weighted by Crippen LogP contribution is -2.07. The van der Waals surface area contributed by atoms with Gasteiger partial charge in [-0.25, -0.2) is 21.8 Å². The average Bonchev–Trinajstić information content (AvgIpc) is 3.07. The monoisotopic (exact) mass is 436 g/mol. The zero-order valence-corrected chi connectivity index (χ0v) is 18.1. The Labute approximate surface area is 169 Å². The Bertz CT molecular complexity index is 1200. The van der Waals surface area contributed by atoms with E-state index in [2.05, 4.69) is 10.3 Å². The summed E-state index contributed by atoms with van der Waals surface area (Å²) in [5.74, 6) is 0. The highest BCUT2D eigenvalue weighted by molar-refractivity contribution is 7.93. The fraction of sp³-hybridized carbons (Fsp3) is 0.211. The maximum Gasteiger partial charge on any atom is 0.226 e. The summed E-state index contributed by atoms with van der Waals surface area (Å²) in [6.07, 6.45) is 1.01. The van der Waals surface area contributed by atoms with Crippen molar-refractivity contribution in [2.24, 2.45) is 0 Å². The molecule has 0 amide bonds. The number of nitrogens with one attached hydrogen (secondary N) is 1. The predicted octanol–water partition coefficient (Wildman–Crippen LogP) is 3.61. The molecule has 1 heterocycles. The molecule has 28 heavy (non-hydrogen) atoms. The number of sulfone groups is 2. The largest absolute Gasteiger partial charge is 0.370 e. The van der Waals surface area contributed by atoms with Gasteiger partial charge in [-0.15, -0.1) is 0 Å². The van der Waals surface area contributed by atoms with Gasteiger partial charge in [0.1, 0.15) is 5.00 Å². The van der Waals surface area contributed by atoms with E-state index in [1.807, 2.05) is 38.1 Å². The van der Waals surface area contributed by atoms with Gasteiger partial charge >= 0.3 is 0 Å². The van der Waals surface area contributed by atoms with Gasteiger partial charge in [-0.05, 0) is 31.5 Å². The number of thiazole rings is 1. The van der Waals surface area contributed by atoms with Gasteiger partial charge in [0, 0.05) is 12.8 Å². The lowest BCUT2D eigenvalue weighted by molar-refractivity contribution is 0.591. The van der Waals surface area contributed by atoms with Gasteiger partial charge in [-0.1, -0.05) is 58.9 Å². The number of aryl methyl sites for hydroxylation is 2. The first-order valence-corrected chi connectivity index (χ1v) is 12.6. The van der Waals surface area contributed by atoms with Gasteiger partial charge in [0.05, 0.1) is 4.90 Å². The second-order valence-corrected chi connectivity index (χ2v) is 11.6. The number of nitrogens with zero attached hydrogens (tertiary/aromatic N) is 1. The molecular formula is C19H20N2O4S3. The van der Waals surface area contributed by atoms with E-state index in [0.717, 1.165) is 34.3 Å². The van der Waals surface area contributed by atoms with E-state index in [9.17, 15) is 16.8 Å². The highest BCUT2D eigenvalue weighted by Crippen LogP contribution is 2.35. The van der Waals surface area contributed by atoms with Crippen LogP contribution in [0, 0.1) is 13.8 Å². The molecule has 0 bridgehead atoms. The van der Waals surface area contributed by atoms with Crippen molar-refractivity contribution in [1.82, 2.24) is 4.98 Å². The maximum absolute atomic E-state index is 13.1. The molecule has 0 aliphatic heterocycles. The van der Waals surface area contributed by atoms with Crippen molar-refractivity contribution in [1.29, 1.82) is 0 Å². The average molecular weight is 437 g/mol. The number of anilines is 1. The third kappa shape index (κ3) is 4.43. The summed E-state index contributed by atoms with van der Waals surface area (Å²) in [4.78, 5) is 4.03. The standard InChI is InChI=1S/C19H20N2O4S3/c1-13-4-8-15(9-5-13)12-20-17-18(21-19(26-17)27(3,22)23)28(24,25)16-10-6-14(2)7-11-16/h4-11,20H,12H2,1-3H3. The van der Waals surface area contributed by atoms with Crippen LogP contribution in [0.5, 0.6) is 0 Å². The fourth-order valence-corrected chi connectivity index (χ4v) is 5.97. The molecule has 2 aromatic carbocycles. The van der Waals surface area contributed by atoms with Crippen molar-refractivity contribution in [3.8, 4) is 0 Å². The molecule has 9 heteroatoms. The topological polar surface area (TPSA) is 93.2 Å². The van der Waals surface area contributed by atoms with E-state index in [1.165, 1.54) is 12.1 Å². The van der Waals surface area contributed by atoms with Crippen LogP contribution < -0.4 is 5.32 Å². The predicted molar refractivity (Wildman–Crippen MR) is 110 cm³/mol. The normalized spacial score (nSPS) is 12.1. The molecule has 6 nitrogen and oxygen atoms in total. The third-order valence-electron chi connectivity index (χ3n) is 4.05. The minimum Gasteiger partial charge on any atom is -0.370 e. The van der Waals surface area contributed by atoms with Crippen LogP contribution >= 0.6 is 11.3 Å². The van der Waals surface area contributed by atoms with Crippen molar-refractivity contribution >= 4 is 36.0 Å². The summed E-state index contributed by atoms with van der Waals surface area (Å²) < 4.78 is 49.8. The van der Waals surface area contributed by atoms with E-state index in [4.69, 9.17) is 0 Å². The molecule has 1 N–H and O–H groups in total. The fourth-order valence-electron chi connectivity index (χ4n) is 2.46. The number of hydrogen-bond acceptors (Lipinski definition) is 7. The van der Waals surface area contributed by atoms with Crippen molar-refractivity contribution in [3.63, 3.8) is 0 Å². The molecule has 0 unspecified atom stereocenters. The minimum atomic E-state index is -3.96. The second kappa shape index (κ2) is 7.65. The molecule has 0 atom stereocenters. The first kappa shape index (κ1) is 20.5. The van der Waals surface area contributed by atoms with E-state index < -0.39 is 19.7 Å². The summed E-state index contributed by atoms with van der Waals surface area (Å²) in [7, 11) is -7.60. The van der Waals surface area contributed by atoms with Crippen LogP contribution in [0.1, 0.15) is 16.7 Å². The molecule has 1 aromatic heterocycles. The highest BCUT2D eigenvalue weighted by Gasteiger charge is 2.29. The summed E-state index contributed by atoms with van der Waals surface area (Å²) >= 11 is 0.824. The number of aromatic nitrogens is 1. The molecule has 0 saturated heterocycles. The minimum absolute atomic E-state index is 0.0711. The van der Waals surface area contributed by atoms with Gasteiger partial charge in [0.25, 0.3) is 0 Å². The Morgan fingerprint density at radius 1 is 0.893 bits per heavy atom. The van der Waals surface area contributed by atoms with Crippen LogP contribution in [0.15, 0.2) is 62.8 Å². The molecule has 0 radical (unpaired) electrons. The van der Waals surface area contributed by atoms with Crippen molar-refractivity contribution in [2.45, 2.75) is 34.7 Å². The SMILES string of the molecule is Cc1ccc(CNc2sc(S(C)(=O)=O)nc2S(=O)(=O)c2ccc(C)cc2)cc1. The Balaban J connectivity index is 2.02. The number of rotatable bonds is 6. The molecule has 3 aromatic rings. The van der Waals surface area contributed by atoms with Crippen molar-refractivity contribution < 1.29 is 16.8 Å². The lowest BCUT2D eigenvalue weighted by Gasteiger charge is -2.08. The Hall–Kier alpha value is -2.23. The van der Waals surface area contributed by atoms with Crippen LogP contribution in [0.3, 0.4) is 0 Å². The summed E-state index contributed by atoms with van der Waals surface area (Å²) in [5.41, 5.74) is 2.98. The molecule has 3 rings (SSSR count). The summed E-state index contributed by atoms with van der Waals surface area (Å²) in [6.45, 7) is 4.18. The molecule has 148 valence electrons. The maximum atomic E-state index is 13.1. The Morgan fingerprint density at radius 2 is 1.43 bits per heavy atom. The molecule has 0 fully saturated rings. The quantitative estimate of drug-likeness (QED) is 0.634. The van der Waals surface area contributed by atoms with Crippen molar-refractivity contribution in [2.75, 3.05) is 11.6 Å². The first-order valence-electron chi connectivity index (χ1n) is 8.39. The second-order valence-electron chi connectivity index (χ2n) is 6.54. The van der Waals surface area contributed by atoms with Crippen LogP contribution in [0.4, 0.5) is 5.00 Å². The molecule has 0 saturated carbocycles. The summed E-state index contributed by atoms with van der Waals surface area (Å²) in [6, 6.07) is 14.1. The van der Waals surface area contributed by atoms with Crippen LogP contribution in [0.25, 0.3) is 0 Å². The van der Waals surface area contributed by atoms with Crippen LogP contribution in [-0.4, -0.2) is 28.1 Å². The molecule has 0 aliphatic carbocycles.